The van der Waals surface area contributed by atoms with E-state index >= 15 is 0 Å². The van der Waals surface area contributed by atoms with E-state index in [9.17, 15) is 4.79 Å². The number of benzene rings is 3. The summed E-state index contributed by atoms with van der Waals surface area (Å²) in [5.41, 5.74) is 8.43. The fraction of sp³-hybridized carbons (Fsp3) is 0.333. The van der Waals surface area contributed by atoms with E-state index in [1.54, 1.807) is 0 Å². The predicted molar refractivity (Wildman–Crippen MR) is 136 cm³/mol. The highest BCUT2D eigenvalue weighted by Gasteiger charge is 2.38. The summed E-state index contributed by atoms with van der Waals surface area (Å²) in [4.78, 5) is 17.1. The zero-order valence-corrected chi connectivity index (χ0v) is 20.6. The van der Waals surface area contributed by atoms with Crippen LogP contribution >= 0.6 is 0 Å². The Morgan fingerprint density at radius 3 is 2.44 bits per heavy atom. The lowest BCUT2D eigenvalue weighted by atomic mass is 9.75. The van der Waals surface area contributed by atoms with Crippen LogP contribution in [-0.4, -0.2) is 30.4 Å². The summed E-state index contributed by atoms with van der Waals surface area (Å²) < 4.78 is 11.4. The Morgan fingerprint density at radius 2 is 1.71 bits per heavy atom. The Kier molecular flexibility index (Phi) is 5.35. The number of fused-ring (bicyclic) bond motifs is 3. The molecule has 0 saturated heterocycles. The monoisotopic (exact) mass is 453 g/mol. The topological polar surface area (TPSA) is 47.9 Å². The van der Waals surface area contributed by atoms with Crippen molar-refractivity contribution in [2.75, 3.05) is 13.2 Å². The summed E-state index contributed by atoms with van der Waals surface area (Å²) in [6.07, 6.45) is 0.871. The van der Waals surface area contributed by atoms with Crippen molar-refractivity contribution in [3.8, 4) is 16.9 Å². The second kappa shape index (κ2) is 8.12. The van der Waals surface area contributed by atoms with Crippen molar-refractivity contribution < 1.29 is 14.3 Å². The average Bonchev–Trinajstić information content (AvgIpc) is 3.13. The largest absolute Gasteiger partial charge is 0.487 e. The highest BCUT2D eigenvalue weighted by atomic mass is 16.5. The van der Waals surface area contributed by atoms with Crippen LogP contribution in [0.2, 0.25) is 0 Å². The smallest absolute Gasteiger partial charge is 0.338 e. The van der Waals surface area contributed by atoms with Gasteiger partial charge in [0, 0.05) is 35.1 Å². The van der Waals surface area contributed by atoms with E-state index in [4.69, 9.17) is 14.5 Å². The molecule has 2 heterocycles. The number of carbonyl (C=O) groups is 1. The van der Waals surface area contributed by atoms with Crippen molar-refractivity contribution in [2.24, 2.45) is 4.99 Å². The number of aliphatic imine (C=N–C) groups is 1. The molecule has 4 heteroatoms. The lowest BCUT2D eigenvalue weighted by Crippen LogP contribution is -2.31. The van der Waals surface area contributed by atoms with Crippen LogP contribution in [-0.2, 0) is 16.6 Å². The van der Waals surface area contributed by atoms with Gasteiger partial charge in [-0.15, -0.1) is 0 Å². The molecule has 0 atom stereocenters. The van der Waals surface area contributed by atoms with Crippen LogP contribution in [0.1, 0.15) is 67.2 Å². The molecule has 2 aliphatic heterocycles. The summed E-state index contributed by atoms with van der Waals surface area (Å²) in [7, 11) is 0. The van der Waals surface area contributed by atoms with E-state index in [1.807, 2.05) is 31.2 Å². The third-order valence-electron chi connectivity index (χ3n) is 6.72. The maximum Gasteiger partial charge on any atom is 0.338 e. The molecule has 0 aromatic heterocycles. The molecule has 2 aliphatic rings. The molecular weight excluding hydrogens is 422 g/mol. The van der Waals surface area contributed by atoms with E-state index in [0.717, 1.165) is 41.1 Å². The van der Waals surface area contributed by atoms with Crippen LogP contribution in [0.15, 0.2) is 65.7 Å². The molecule has 0 aliphatic carbocycles. The van der Waals surface area contributed by atoms with Gasteiger partial charge in [0.05, 0.1) is 17.9 Å². The number of hydrogen-bond donors (Lipinski definition) is 0. The van der Waals surface area contributed by atoms with Gasteiger partial charge in [0.1, 0.15) is 11.4 Å². The van der Waals surface area contributed by atoms with Gasteiger partial charge < -0.3 is 9.47 Å². The second-order valence-electron chi connectivity index (χ2n) is 10.4. The van der Waals surface area contributed by atoms with Crippen molar-refractivity contribution in [3.63, 3.8) is 0 Å². The SMILES string of the molecule is CCOC(=O)c1ccc(-c2cccc(C3=NCC(C)(C)c4ccc5c(c43)CC(C)(C)O5)c2)cc1. The Labute approximate surface area is 201 Å². The van der Waals surface area contributed by atoms with E-state index in [1.165, 1.54) is 16.7 Å². The molecule has 0 amide bonds. The molecule has 0 bridgehead atoms. The Hall–Kier alpha value is -3.40. The first-order valence-corrected chi connectivity index (χ1v) is 12.0. The molecule has 3 aromatic carbocycles. The van der Waals surface area contributed by atoms with Gasteiger partial charge in [-0.25, -0.2) is 4.79 Å². The Morgan fingerprint density at radius 1 is 0.971 bits per heavy atom. The first kappa shape index (κ1) is 22.4. The highest BCUT2D eigenvalue weighted by Crippen LogP contribution is 2.44. The quantitative estimate of drug-likeness (QED) is 0.431. The van der Waals surface area contributed by atoms with Crippen molar-refractivity contribution in [3.05, 3.63) is 88.5 Å². The number of rotatable bonds is 4. The summed E-state index contributed by atoms with van der Waals surface area (Å²) in [5, 5.41) is 0. The molecule has 0 spiro atoms. The summed E-state index contributed by atoms with van der Waals surface area (Å²) >= 11 is 0. The minimum Gasteiger partial charge on any atom is -0.487 e. The normalized spacial score (nSPS) is 17.3. The summed E-state index contributed by atoms with van der Waals surface area (Å²) in [6, 6.07) is 20.5. The van der Waals surface area contributed by atoms with Gasteiger partial charge in [-0.05, 0) is 61.7 Å². The zero-order chi connectivity index (χ0) is 24.1. The molecule has 0 unspecified atom stereocenters. The van der Waals surface area contributed by atoms with Crippen LogP contribution in [0.4, 0.5) is 0 Å². The maximum atomic E-state index is 12.0. The van der Waals surface area contributed by atoms with Crippen molar-refractivity contribution in [1.29, 1.82) is 0 Å². The van der Waals surface area contributed by atoms with Crippen LogP contribution < -0.4 is 4.74 Å². The van der Waals surface area contributed by atoms with Crippen LogP contribution in [0.5, 0.6) is 5.75 Å². The van der Waals surface area contributed by atoms with Gasteiger partial charge in [-0.3, -0.25) is 4.99 Å². The van der Waals surface area contributed by atoms with E-state index in [-0.39, 0.29) is 17.0 Å². The summed E-state index contributed by atoms with van der Waals surface area (Å²) in [6.45, 7) is 11.7. The van der Waals surface area contributed by atoms with Crippen molar-refractivity contribution in [1.82, 2.24) is 0 Å². The summed E-state index contributed by atoms with van der Waals surface area (Å²) in [5.74, 6) is 0.678. The highest BCUT2D eigenvalue weighted by molar-refractivity contribution is 6.16. The lowest BCUT2D eigenvalue weighted by Gasteiger charge is -2.32. The fourth-order valence-corrected chi connectivity index (χ4v) is 5.03. The lowest BCUT2D eigenvalue weighted by molar-refractivity contribution is 0.0526. The van der Waals surface area contributed by atoms with Gasteiger partial charge in [0.15, 0.2) is 0 Å². The number of ether oxygens (including phenoxy) is 2. The third-order valence-corrected chi connectivity index (χ3v) is 6.72. The molecule has 0 fully saturated rings. The molecule has 4 nitrogen and oxygen atoms in total. The molecule has 3 aromatic rings. The van der Waals surface area contributed by atoms with Gasteiger partial charge in [-0.1, -0.05) is 50.2 Å². The first-order valence-electron chi connectivity index (χ1n) is 12.0. The van der Waals surface area contributed by atoms with Gasteiger partial charge in [0.25, 0.3) is 0 Å². The van der Waals surface area contributed by atoms with Gasteiger partial charge in [-0.2, -0.15) is 0 Å². The van der Waals surface area contributed by atoms with Crippen molar-refractivity contribution in [2.45, 2.75) is 52.1 Å². The molecule has 174 valence electrons. The number of esters is 1. The van der Waals surface area contributed by atoms with Crippen LogP contribution in [0.25, 0.3) is 11.1 Å². The average molecular weight is 454 g/mol. The zero-order valence-electron chi connectivity index (χ0n) is 20.6. The molecule has 0 radical (unpaired) electrons. The Bertz CT molecular complexity index is 1300. The van der Waals surface area contributed by atoms with Gasteiger partial charge >= 0.3 is 5.97 Å². The number of carbonyl (C=O) groups excluding carboxylic acids is 1. The standard InChI is InChI=1S/C30H31NO3/c1-6-33-28(32)20-12-10-19(11-13-20)21-8-7-9-22(16-21)27-26-23-17-30(4,5)34-25(23)15-14-24(26)29(2,3)18-31-27/h7-16H,6,17-18H2,1-5H3. The van der Waals surface area contributed by atoms with Crippen LogP contribution in [0.3, 0.4) is 0 Å². The Balaban J connectivity index is 1.56. The molecule has 0 saturated carbocycles. The van der Waals surface area contributed by atoms with Gasteiger partial charge in [0.2, 0.25) is 0 Å². The molecule has 0 N–H and O–H groups in total. The van der Waals surface area contributed by atoms with Crippen LogP contribution in [0, 0.1) is 0 Å². The first-order chi connectivity index (χ1) is 16.2. The van der Waals surface area contributed by atoms with Crippen molar-refractivity contribution >= 4 is 11.7 Å². The molecule has 34 heavy (non-hydrogen) atoms. The molecule has 5 rings (SSSR count). The third kappa shape index (κ3) is 3.91. The minimum absolute atomic E-state index is 0.0267. The number of hydrogen-bond acceptors (Lipinski definition) is 4. The van der Waals surface area contributed by atoms with E-state index in [2.05, 4.69) is 64.1 Å². The molecular formula is C30H31NO3. The van der Waals surface area contributed by atoms with E-state index < -0.39 is 0 Å². The maximum absolute atomic E-state index is 12.0. The predicted octanol–water partition coefficient (Wildman–Crippen LogP) is 6.37. The second-order valence-corrected chi connectivity index (χ2v) is 10.4. The number of nitrogens with zero attached hydrogens (tertiary/aromatic N) is 1. The fourth-order valence-electron chi connectivity index (χ4n) is 5.03. The minimum atomic E-state index is -0.294. The van der Waals surface area contributed by atoms with E-state index in [0.29, 0.717) is 12.2 Å².